The molecular weight excluding hydrogens is 195 g/mol. The lowest BCUT2D eigenvalue weighted by Crippen LogP contribution is -2.28. The largest absolute Gasteiger partial charge is 0.396 e. The molecule has 1 rings (SSSR count). The van der Waals surface area contributed by atoms with Crippen molar-refractivity contribution in [3.63, 3.8) is 0 Å². The summed E-state index contributed by atoms with van der Waals surface area (Å²) in [7, 11) is 0. The standard InChI is InChI=1S/C11H15FN2O/c1-7(2)6-14-11(15)8-4-3-5-9(12)10(8)13/h3-5,7H,6,13H2,1-2H3,(H,14,15). The molecule has 0 aliphatic rings. The number of carbonyl (C=O) groups is 1. The number of anilines is 1. The summed E-state index contributed by atoms with van der Waals surface area (Å²) in [6.07, 6.45) is 0. The van der Waals surface area contributed by atoms with Crippen LogP contribution in [0.25, 0.3) is 0 Å². The first-order chi connectivity index (χ1) is 7.02. The highest BCUT2D eigenvalue weighted by molar-refractivity contribution is 5.99. The lowest BCUT2D eigenvalue weighted by Gasteiger charge is -2.09. The molecule has 4 heteroatoms. The van der Waals surface area contributed by atoms with E-state index in [9.17, 15) is 9.18 Å². The topological polar surface area (TPSA) is 55.1 Å². The van der Waals surface area contributed by atoms with Crippen molar-refractivity contribution in [1.82, 2.24) is 5.32 Å². The van der Waals surface area contributed by atoms with E-state index in [4.69, 9.17) is 5.73 Å². The van der Waals surface area contributed by atoms with Gasteiger partial charge in [0.25, 0.3) is 5.91 Å². The summed E-state index contributed by atoms with van der Waals surface area (Å²) in [5.74, 6) is -0.545. The van der Waals surface area contributed by atoms with Crippen LogP contribution >= 0.6 is 0 Å². The van der Waals surface area contributed by atoms with E-state index < -0.39 is 5.82 Å². The summed E-state index contributed by atoms with van der Waals surface area (Å²) in [4.78, 5) is 11.6. The van der Waals surface area contributed by atoms with Crippen LogP contribution in [0.4, 0.5) is 10.1 Å². The van der Waals surface area contributed by atoms with Crippen molar-refractivity contribution in [3.8, 4) is 0 Å². The van der Waals surface area contributed by atoms with Crippen LogP contribution in [0, 0.1) is 11.7 Å². The van der Waals surface area contributed by atoms with Crippen LogP contribution < -0.4 is 11.1 Å². The van der Waals surface area contributed by atoms with E-state index >= 15 is 0 Å². The van der Waals surface area contributed by atoms with E-state index in [0.29, 0.717) is 12.5 Å². The van der Waals surface area contributed by atoms with Gasteiger partial charge in [0.2, 0.25) is 0 Å². The molecule has 3 nitrogen and oxygen atoms in total. The predicted octanol–water partition coefficient (Wildman–Crippen LogP) is 1.79. The molecule has 0 aliphatic carbocycles. The van der Waals surface area contributed by atoms with Gasteiger partial charge in [0.05, 0.1) is 11.3 Å². The van der Waals surface area contributed by atoms with Gasteiger partial charge in [0.15, 0.2) is 0 Å². The van der Waals surface area contributed by atoms with Gasteiger partial charge < -0.3 is 11.1 Å². The summed E-state index contributed by atoms with van der Waals surface area (Å²) in [5.41, 5.74) is 5.55. The molecule has 0 heterocycles. The van der Waals surface area contributed by atoms with E-state index in [1.54, 1.807) is 0 Å². The van der Waals surface area contributed by atoms with Crippen molar-refractivity contribution >= 4 is 11.6 Å². The van der Waals surface area contributed by atoms with Gasteiger partial charge in [-0.1, -0.05) is 19.9 Å². The second kappa shape index (κ2) is 4.77. The van der Waals surface area contributed by atoms with E-state index in [0.717, 1.165) is 0 Å². The fraction of sp³-hybridized carbons (Fsp3) is 0.364. The van der Waals surface area contributed by atoms with Gasteiger partial charge in [-0.2, -0.15) is 0 Å². The molecule has 0 saturated carbocycles. The van der Waals surface area contributed by atoms with Gasteiger partial charge in [0.1, 0.15) is 5.82 Å². The zero-order valence-electron chi connectivity index (χ0n) is 8.88. The lowest BCUT2D eigenvalue weighted by atomic mass is 10.1. The number of rotatable bonds is 3. The van der Waals surface area contributed by atoms with Crippen molar-refractivity contribution in [1.29, 1.82) is 0 Å². The smallest absolute Gasteiger partial charge is 0.253 e. The highest BCUT2D eigenvalue weighted by atomic mass is 19.1. The molecule has 0 radical (unpaired) electrons. The highest BCUT2D eigenvalue weighted by Crippen LogP contribution is 2.15. The predicted molar refractivity (Wildman–Crippen MR) is 58.0 cm³/mol. The summed E-state index contributed by atoms with van der Waals surface area (Å²) in [6, 6.07) is 4.21. The zero-order chi connectivity index (χ0) is 11.4. The van der Waals surface area contributed by atoms with Crippen LogP contribution in [0.5, 0.6) is 0 Å². The molecule has 0 spiro atoms. The fourth-order valence-electron chi connectivity index (χ4n) is 1.13. The minimum Gasteiger partial charge on any atom is -0.396 e. The molecule has 1 amide bonds. The van der Waals surface area contributed by atoms with Crippen molar-refractivity contribution in [2.24, 2.45) is 5.92 Å². The maximum absolute atomic E-state index is 13.0. The highest BCUT2D eigenvalue weighted by Gasteiger charge is 2.12. The number of hydrogen-bond donors (Lipinski definition) is 2. The number of nitrogen functional groups attached to an aromatic ring is 1. The maximum Gasteiger partial charge on any atom is 0.253 e. The second-order valence-corrected chi connectivity index (χ2v) is 3.80. The SMILES string of the molecule is CC(C)CNC(=O)c1cccc(F)c1N. The first-order valence-corrected chi connectivity index (χ1v) is 4.84. The fourth-order valence-corrected chi connectivity index (χ4v) is 1.13. The molecule has 15 heavy (non-hydrogen) atoms. The van der Waals surface area contributed by atoms with Gasteiger partial charge in [-0.05, 0) is 18.1 Å². The molecule has 3 N–H and O–H groups in total. The Balaban J connectivity index is 2.78. The molecule has 1 aromatic carbocycles. The molecule has 0 aromatic heterocycles. The van der Waals surface area contributed by atoms with E-state index in [1.807, 2.05) is 13.8 Å². The Morgan fingerprint density at radius 3 is 2.80 bits per heavy atom. The third-order valence-electron chi connectivity index (χ3n) is 1.97. The molecule has 0 aliphatic heterocycles. The van der Waals surface area contributed by atoms with E-state index in [-0.39, 0.29) is 17.2 Å². The van der Waals surface area contributed by atoms with Crippen LogP contribution in [0.2, 0.25) is 0 Å². The number of benzene rings is 1. The van der Waals surface area contributed by atoms with Gasteiger partial charge in [-0.15, -0.1) is 0 Å². The van der Waals surface area contributed by atoms with Gasteiger partial charge in [0, 0.05) is 6.54 Å². The van der Waals surface area contributed by atoms with Crippen molar-refractivity contribution in [2.75, 3.05) is 12.3 Å². The lowest BCUT2D eigenvalue weighted by molar-refractivity contribution is 0.0949. The summed E-state index contributed by atoms with van der Waals surface area (Å²) >= 11 is 0. The van der Waals surface area contributed by atoms with Crippen LogP contribution in [0.3, 0.4) is 0 Å². The average molecular weight is 210 g/mol. The molecule has 1 aromatic rings. The molecular formula is C11H15FN2O. The molecule has 0 atom stereocenters. The second-order valence-electron chi connectivity index (χ2n) is 3.80. The number of hydrogen-bond acceptors (Lipinski definition) is 2. The maximum atomic E-state index is 13.0. The molecule has 82 valence electrons. The Kier molecular flexibility index (Phi) is 3.66. The average Bonchev–Trinajstić information content (AvgIpc) is 2.18. The summed E-state index contributed by atoms with van der Waals surface area (Å²) in [6.45, 7) is 4.51. The minimum atomic E-state index is -0.563. The monoisotopic (exact) mass is 210 g/mol. The number of nitrogens with two attached hydrogens (primary N) is 1. The Bertz CT molecular complexity index is 364. The third kappa shape index (κ3) is 2.94. The number of amides is 1. The van der Waals surface area contributed by atoms with Gasteiger partial charge >= 0.3 is 0 Å². The number of carbonyl (C=O) groups excluding carboxylic acids is 1. The van der Waals surface area contributed by atoms with Crippen LogP contribution in [0.15, 0.2) is 18.2 Å². The van der Waals surface area contributed by atoms with Crippen LogP contribution in [-0.2, 0) is 0 Å². The Hall–Kier alpha value is -1.58. The third-order valence-corrected chi connectivity index (χ3v) is 1.97. The first kappa shape index (κ1) is 11.5. The molecule has 0 unspecified atom stereocenters. The van der Waals surface area contributed by atoms with Crippen molar-refractivity contribution < 1.29 is 9.18 Å². The molecule has 0 fully saturated rings. The van der Waals surface area contributed by atoms with Crippen LogP contribution in [0.1, 0.15) is 24.2 Å². The van der Waals surface area contributed by atoms with Crippen molar-refractivity contribution in [2.45, 2.75) is 13.8 Å². The summed E-state index contributed by atoms with van der Waals surface area (Å²) < 4.78 is 13.0. The summed E-state index contributed by atoms with van der Waals surface area (Å²) in [5, 5.41) is 2.68. The first-order valence-electron chi connectivity index (χ1n) is 4.84. The van der Waals surface area contributed by atoms with E-state index in [2.05, 4.69) is 5.32 Å². The Morgan fingerprint density at radius 1 is 1.53 bits per heavy atom. The van der Waals surface area contributed by atoms with Gasteiger partial charge in [-0.3, -0.25) is 4.79 Å². The molecule has 0 saturated heterocycles. The minimum absolute atomic E-state index is 0.0984. The normalized spacial score (nSPS) is 10.4. The van der Waals surface area contributed by atoms with Crippen molar-refractivity contribution in [3.05, 3.63) is 29.6 Å². The molecule has 0 bridgehead atoms. The number of para-hydroxylation sites is 1. The van der Waals surface area contributed by atoms with Gasteiger partial charge in [-0.25, -0.2) is 4.39 Å². The quantitative estimate of drug-likeness (QED) is 0.747. The number of halogens is 1. The Morgan fingerprint density at radius 2 is 2.20 bits per heavy atom. The zero-order valence-corrected chi connectivity index (χ0v) is 8.88. The number of nitrogens with one attached hydrogen (secondary N) is 1. The van der Waals surface area contributed by atoms with Crippen LogP contribution in [-0.4, -0.2) is 12.5 Å². The Labute approximate surface area is 88.5 Å². The van der Waals surface area contributed by atoms with E-state index in [1.165, 1.54) is 18.2 Å².